The van der Waals surface area contributed by atoms with Gasteiger partial charge < -0.3 is 20.5 Å². The fraction of sp³-hybridized carbons (Fsp3) is 0.733. The Morgan fingerprint density at radius 1 is 0.739 bits per heavy atom. The van der Waals surface area contributed by atoms with Gasteiger partial charge in [0.2, 0.25) is 0 Å². The van der Waals surface area contributed by atoms with Crippen LogP contribution in [0.1, 0.15) is 58.8 Å². The van der Waals surface area contributed by atoms with Crippen LogP contribution in [0.15, 0.2) is 0 Å². The highest BCUT2D eigenvalue weighted by atomic mass is 16.5. The molecule has 0 unspecified atom stereocenters. The first-order chi connectivity index (χ1) is 11.1. The summed E-state index contributed by atoms with van der Waals surface area (Å²) in [4.78, 5) is 28.7. The van der Waals surface area contributed by atoms with Crippen LogP contribution in [0.4, 0.5) is 0 Å². The van der Waals surface area contributed by atoms with Gasteiger partial charge in [-0.05, 0) is 26.7 Å². The van der Waals surface area contributed by atoms with Gasteiger partial charge in [0.05, 0.1) is 26.1 Å². The van der Waals surface area contributed by atoms with Crippen molar-refractivity contribution in [3.05, 3.63) is 11.1 Å². The first-order valence-electron chi connectivity index (χ1n) is 7.86. The number of hydrogen-bond donors (Lipinski definition) is 0. The van der Waals surface area contributed by atoms with Crippen LogP contribution in [0.5, 0.6) is 0 Å². The first-order valence-corrected chi connectivity index (χ1v) is 7.86. The minimum absolute atomic E-state index is 0.0314. The van der Waals surface area contributed by atoms with E-state index in [9.17, 15) is 9.59 Å². The molecule has 0 aromatic rings. The van der Waals surface area contributed by atoms with E-state index in [0.29, 0.717) is 25.7 Å². The Kier molecular flexibility index (Phi) is 12.0. The van der Waals surface area contributed by atoms with Crippen LogP contribution in [0.25, 0.3) is 11.1 Å². The molecule has 0 saturated heterocycles. The number of rotatable bonds is 12. The summed E-state index contributed by atoms with van der Waals surface area (Å²) >= 11 is 0. The number of hydrogen-bond acceptors (Lipinski definition) is 4. The van der Waals surface area contributed by atoms with Gasteiger partial charge in [0.1, 0.15) is 0 Å². The Labute approximate surface area is 136 Å². The molecule has 0 amide bonds. The Morgan fingerprint density at radius 2 is 1.09 bits per heavy atom. The van der Waals surface area contributed by atoms with Gasteiger partial charge in [-0.15, -0.1) is 0 Å². The molecule has 0 aliphatic carbocycles. The Morgan fingerprint density at radius 3 is 1.39 bits per heavy atom. The summed E-state index contributed by atoms with van der Waals surface area (Å²) in [5, 5.41) is 0. The van der Waals surface area contributed by atoms with Gasteiger partial charge in [0.15, 0.2) is 0 Å². The second kappa shape index (κ2) is 13.4. The van der Waals surface area contributed by atoms with Crippen molar-refractivity contribution in [2.75, 3.05) is 13.2 Å². The summed E-state index contributed by atoms with van der Waals surface area (Å²) < 4.78 is 9.52. The Balaban J connectivity index is 3.85. The van der Waals surface area contributed by atoms with Crippen molar-refractivity contribution in [2.45, 2.75) is 58.8 Å². The molecule has 0 saturated carbocycles. The number of carbonyl (C=O) groups is 2. The lowest BCUT2D eigenvalue weighted by Crippen LogP contribution is -2.18. The average Bonchev–Trinajstić information content (AvgIpc) is 2.54. The lowest BCUT2D eigenvalue weighted by Gasteiger charge is -2.00. The minimum Gasteiger partial charge on any atom is -0.457 e. The number of unbranched alkanes of at least 4 members (excludes halogenated alkanes) is 4. The highest BCUT2D eigenvalue weighted by Gasteiger charge is 2.21. The molecule has 0 bridgehead atoms. The van der Waals surface area contributed by atoms with E-state index in [1.807, 2.05) is 0 Å². The van der Waals surface area contributed by atoms with Crippen molar-refractivity contribution >= 4 is 23.4 Å². The van der Waals surface area contributed by atoms with Crippen LogP contribution in [0.3, 0.4) is 0 Å². The van der Waals surface area contributed by atoms with E-state index in [4.69, 9.17) is 20.5 Å². The third kappa shape index (κ3) is 9.34. The van der Waals surface area contributed by atoms with Crippen molar-refractivity contribution in [3.8, 4) is 0 Å². The largest absolute Gasteiger partial charge is 0.457 e. The monoisotopic (exact) mass is 324 g/mol. The summed E-state index contributed by atoms with van der Waals surface area (Å²) in [6, 6.07) is 0. The normalized spacial score (nSPS) is 9.48. The maximum absolute atomic E-state index is 11.4. The van der Waals surface area contributed by atoms with Gasteiger partial charge in [-0.2, -0.15) is 9.58 Å². The van der Waals surface area contributed by atoms with E-state index in [1.165, 1.54) is 0 Å². The van der Waals surface area contributed by atoms with E-state index in [-0.39, 0.29) is 24.6 Å². The van der Waals surface area contributed by atoms with Crippen LogP contribution < -0.4 is 0 Å². The smallest absolute Gasteiger partial charge is 0.416 e. The number of ether oxygens (including phenoxy) is 2. The molecule has 0 rings (SSSR count). The quantitative estimate of drug-likeness (QED) is 0.179. The van der Waals surface area contributed by atoms with E-state index in [2.05, 4.69) is 9.58 Å². The molecule has 0 spiro atoms. The molecule has 23 heavy (non-hydrogen) atoms. The first kappa shape index (κ1) is 20.7. The zero-order chi connectivity index (χ0) is 17.5. The molecule has 128 valence electrons. The SMILES string of the molecule is CCOC(=O)C(CCCCCCCC(=[N+]=[N-])C(=O)OCC)=[N+]=[N-]. The van der Waals surface area contributed by atoms with Gasteiger partial charge >= 0.3 is 23.4 Å². The van der Waals surface area contributed by atoms with E-state index >= 15 is 0 Å². The standard InChI is InChI=1S/C15H24N4O4/c1-3-22-14(20)12(18-16)10-8-6-5-7-9-11-13(19-17)15(21)23-4-2/h3-11H2,1-2H3. The zero-order valence-electron chi connectivity index (χ0n) is 13.8. The molecule has 8 heteroatoms. The van der Waals surface area contributed by atoms with Crippen LogP contribution in [0, 0.1) is 0 Å². The molecule has 0 aromatic carbocycles. The lowest BCUT2D eigenvalue weighted by molar-refractivity contribution is -0.140. The number of carbonyl (C=O) groups excluding carboxylic acids is 2. The highest BCUT2D eigenvalue weighted by molar-refractivity contribution is 6.34. The summed E-state index contributed by atoms with van der Waals surface area (Å²) in [7, 11) is 0. The van der Waals surface area contributed by atoms with Gasteiger partial charge in [0, 0.05) is 0 Å². The lowest BCUT2D eigenvalue weighted by atomic mass is 10.1. The van der Waals surface area contributed by atoms with Gasteiger partial charge in [0.25, 0.3) is 0 Å². The minimum atomic E-state index is -0.590. The average molecular weight is 324 g/mol. The molecular formula is C15H24N4O4. The van der Waals surface area contributed by atoms with Crippen LogP contribution in [0.2, 0.25) is 0 Å². The Bertz CT molecular complexity index is 448. The van der Waals surface area contributed by atoms with Crippen molar-refractivity contribution < 1.29 is 28.6 Å². The predicted molar refractivity (Wildman–Crippen MR) is 82.8 cm³/mol. The predicted octanol–water partition coefficient (Wildman–Crippen LogP) is 2.18. The molecule has 0 heterocycles. The van der Waals surface area contributed by atoms with Crippen LogP contribution in [-0.4, -0.2) is 46.2 Å². The van der Waals surface area contributed by atoms with Gasteiger partial charge in [-0.25, -0.2) is 9.59 Å². The van der Waals surface area contributed by atoms with E-state index in [0.717, 1.165) is 19.3 Å². The molecule has 0 N–H and O–H groups in total. The van der Waals surface area contributed by atoms with Crippen LogP contribution >= 0.6 is 0 Å². The molecule has 0 aliphatic heterocycles. The molecular weight excluding hydrogens is 300 g/mol. The van der Waals surface area contributed by atoms with Crippen molar-refractivity contribution in [1.29, 1.82) is 0 Å². The summed E-state index contributed by atoms with van der Waals surface area (Å²) in [6.07, 6.45) is 4.73. The summed E-state index contributed by atoms with van der Waals surface area (Å²) in [5.41, 5.74) is 17.6. The van der Waals surface area contributed by atoms with Gasteiger partial charge in [-0.3, -0.25) is 0 Å². The van der Waals surface area contributed by atoms with Crippen LogP contribution in [-0.2, 0) is 19.1 Å². The molecule has 8 nitrogen and oxygen atoms in total. The molecule has 0 aromatic heterocycles. The van der Waals surface area contributed by atoms with Gasteiger partial charge in [-0.1, -0.05) is 19.3 Å². The highest BCUT2D eigenvalue weighted by Crippen LogP contribution is 2.08. The summed E-state index contributed by atoms with van der Waals surface area (Å²) in [5.74, 6) is -1.18. The van der Waals surface area contributed by atoms with Crippen molar-refractivity contribution in [1.82, 2.24) is 0 Å². The third-order valence-corrected chi connectivity index (χ3v) is 3.09. The van der Waals surface area contributed by atoms with E-state index in [1.54, 1.807) is 13.8 Å². The van der Waals surface area contributed by atoms with E-state index < -0.39 is 11.9 Å². The third-order valence-electron chi connectivity index (χ3n) is 3.09. The maximum atomic E-state index is 11.4. The van der Waals surface area contributed by atoms with Crippen molar-refractivity contribution in [2.24, 2.45) is 0 Å². The molecule has 0 radical (unpaired) electrons. The summed E-state index contributed by atoms with van der Waals surface area (Å²) in [6.45, 7) is 3.86. The zero-order valence-corrected chi connectivity index (χ0v) is 13.8. The molecule has 0 atom stereocenters. The molecule has 0 aliphatic rings. The topological polar surface area (TPSA) is 125 Å². The number of nitrogens with zero attached hydrogens (tertiary/aromatic N) is 4. The Hall–Kier alpha value is -2.30. The number of esters is 2. The van der Waals surface area contributed by atoms with Crippen molar-refractivity contribution in [3.63, 3.8) is 0 Å². The fourth-order valence-electron chi connectivity index (χ4n) is 1.93. The maximum Gasteiger partial charge on any atom is 0.416 e. The second-order valence-corrected chi connectivity index (χ2v) is 4.80. The molecule has 0 fully saturated rings. The second-order valence-electron chi connectivity index (χ2n) is 4.80. The fourth-order valence-corrected chi connectivity index (χ4v) is 1.93.